The Hall–Kier alpha value is -3.06. The quantitative estimate of drug-likeness (QED) is 0.423. The Morgan fingerprint density at radius 3 is 2.62 bits per heavy atom. The minimum Gasteiger partial charge on any atom is -0.492 e. The van der Waals surface area contributed by atoms with Crippen LogP contribution in [0.1, 0.15) is 0 Å². The van der Waals surface area contributed by atoms with E-state index in [0.717, 1.165) is 11.9 Å². The summed E-state index contributed by atoms with van der Waals surface area (Å²) in [5, 5.41) is 5.91. The van der Waals surface area contributed by atoms with E-state index < -0.39 is 5.82 Å². The van der Waals surface area contributed by atoms with Gasteiger partial charge in [-0.05, 0) is 42.5 Å². The van der Waals surface area contributed by atoms with Crippen molar-refractivity contribution >= 4 is 40.4 Å². The second-order valence-electron chi connectivity index (χ2n) is 5.33. The molecule has 0 unspecified atom stereocenters. The van der Waals surface area contributed by atoms with Gasteiger partial charge in [0.2, 0.25) is 5.95 Å². The Morgan fingerprint density at radius 1 is 1.08 bits per heavy atom. The first-order valence-corrected chi connectivity index (χ1v) is 8.38. The Kier molecular flexibility index (Phi) is 5.70. The van der Waals surface area contributed by atoms with Crippen molar-refractivity contribution in [2.45, 2.75) is 0 Å². The van der Waals surface area contributed by atoms with Gasteiger partial charge in [-0.25, -0.2) is 9.37 Å². The molecule has 3 rings (SSSR count). The topological polar surface area (TPSA) is 85.1 Å². The van der Waals surface area contributed by atoms with E-state index in [-0.39, 0.29) is 11.8 Å². The number of nitrogens with one attached hydrogen (secondary N) is 2. The molecular formula is C18H17ClFN5O. The third-order valence-electron chi connectivity index (χ3n) is 3.35. The van der Waals surface area contributed by atoms with Crippen LogP contribution in [-0.4, -0.2) is 22.5 Å². The van der Waals surface area contributed by atoms with Crippen LogP contribution in [-0.2, 0) is 0 Å². The third-order valence-corrected chi connectivity index (χ3v) is 3.50. The molecular weight excluding hydrogens is 357 g/mol. The van der Waals surface area contributed by atoms with Crippen LogP contribution in [0.2, 0.25) is 0 Å². The molecule has 0 radical (unpaired) electrons. The molecule has 26 heavy (non-hydrogen) atoms. The smallest absolute Gasteiger partial charge is 0.229 e. The van der Waals surface area contributed by atoms with Crippen LogP contribution in [0.5, 0.6) is 5.75 Å². The van der Waals surface area contributed by atoms with Crippen LogP contribution >= 0.6 is 11.6 Å². The van der Waals surface area contributed by atoms with Crippen molar-refractivity contribution in [3.63, 3.8) is 0 Å². The fraction of sp³-hybridized carbons (Fsp3) is 0.111. The zero-order valence-corrected chi connectivity index (χ0v) is 14.5. The zero-order valence-electron chi connectivity index (χ0n) is 13.7. The minimum absolute atomic E-state index is 0.0511. The molecule has 2 aromatic carbocycles. The van der Waals surface area contributed by atoms with Gasteiger partial charge in [0.1, 0.15) is 12.4 Å². The molecule has 3 aromatic rings. The number of nitrogens with two attached hydrogens (primary N) is 1. The number of aromatic nitrogens is 2. The highest BCUT2D eigenvalue weighted by atomic mass is 35.5. The van der Waals surface area contributed by atoms with Gasteiger partial charge in [0.15, 0.2) is 11.6 Å². The first-order valence-electron chi connectivity index (χ1n) is 7.85. The van der Waals surface area contributed by atoms with Crippen molar-refractivity contribution in [1.29, 1.82) is 0 Å². The number of nitrogens with zero attached hydrogens (tertiary/aromatic N) is 2. The molecule has 0 spiro atoms. The first kappa shape index (κ1) is 17.8. The highest BCUT2D eigenvalue weighted by Gasteiger charge is 2.08. The van der Waals surface area contributed by atoms with Gasteiger partial charge in [0.05, 0.1) is 12.1 Å². The highest BCUT2D eigenvalue weighted by Crippen LogP contribution is 2.22. The predicted molar refractivity (Wildman–Crippen MR) is 102 cm³/mol. The number of hydrogen-bond acceptors (Lipinski definition) is 6. The standard InChI is InChI=1S/C18H17ClFN5O/c19-8-9-26-15-6-4-13(5-7-15)24-18-22-11-16(20)17(25-18)23-14-3-1-2-12(21)10-14/h1-7,10-11H,8-9,21H2,(H2,22,23,24,25). The van der Waals surface area contributed by atoms with E-state index in [1.807, 2.05) is 0 Å². The number of nitrogen functional groups attached to an aromatic ring is 1. The number of hydrogen-bond donors (Lipinski definition) is 3. The largest absolute Gasteiger partial charge is 0.492 e. The Balaban J connectivity index is 1.72. The lowest BCUT2D eigenvalue weighted by atomic mass is 10.3. The summed E-state index contributed by atoms with van der Waals surface area (Å²) in [4.78, 5) is 8.12. The van der Waals surface area contributed by atoms with E-state index in [4.69, 9.17) is 22.1 Å². The Bertz CT molecular complexity index is 876. The zero-order chi connectivity index (χ0) is 18.4. The van der Waals surface area contributed by atoms with Crippen LogP contribution in [0.25, 0.3) is 0 Å². The molecule has 134 valence electrons. The summed E-state index contributed by atoms with van der Waals surface area (Å²) in [5.41, 5.74) is 7.67. The van der Waals surface area contributed by atoms with E-state index in [2.05, 4.69) is 20.6 Å². The molecule has 1 heterocycles. The van der Waals surface area contributed by atoms with Crippen molar-refractivity contribution in [3.05, 3.63) is 60.5 Å². The van der Waals surface area contributed by atoms with Crippen LogP contribution in [0, 0.1) is 5.82 Å². The van der Waals surface area contributed by atoms with Crippen molar-refractivity contribution in [2.24, 2.45) is 0 Å². The fourth-order valence-electron chi connectivity index (χ4n) is 2.19. The second-order valence-corrected chi connectivity index (χ2v) is 5.71. The van der Waals surface area contributed by atoms with Gasteiger partial charge in [-0.15, -0.1) is 11.6 Å². The molecule has 0 saturated carbocycles. The Labute approximate surface area is 155 Å². The molecule has 0 amide bonds. The van der Waals surface area contributed by atoms with Crippen molar-refractivity contribution < 1.29 is 9.13 Å². The second kappa shape index (κ2) is 8.35. The van der Waals surface area contributed by atoms with Crippen LogP contribution in [0.15, 0.2) is 54.7 Å². The molecule has 0 bridgehead atoms. The lowest BCUT2D eigenvalue weighted by Crippen LogP contribution is -2.03. The summed E-state index contributed by atoms with van der Waals surface area (Å²) in [6, 6.07) is 14.2. The SMILES string of the molecule is Nc1cccc(Nc2nc(Nc3ccc(OCCCl)cc3)ncc2F)c1. The molecule has 0 aliphatic heterocycles. The van der Waals surface area contributed by atoms with E-state index in [9.17, 15) is 4.39 Å². The molecule has 1 aromatic heterocycles. The summed E-state index contributed by atoms with van der Waals surface area (Å²) >= 11 is 5.59. The number of rotatable bonds is 7. The number of benzene rings is 2. The molecule has 4 N–H and O–H groups in total. The van der Waals surface area contributed by atoms with Gasteiger partial charge in [-0.2, -0.15) is 4.98 Å². The average Bonchev–Trinajstić information content (AvgIpc) is 2.64. The monoisotopic (exact) mass is 373 g/mol. The highest BCUT2D eigenvalue weighted by molar-refractivity contribution is 6.18. The molecule has 0 aliphatic carbocycles. The molecule has 6 nitrogen and oxygen atoms in total. The molecule has 8 heteroatoms. The summed E-state index contributed by atoms with van der Waals surface area (Å²) in [5.74, 6) is 0.872. The van der Waals surface area contributed by atoms with Crippen LogP contribution in [0.4, 0.5) is 33.2 Å². The number of alkyl halides is 1. The van der Waals surface area contributed by atoms with Crippen LogP contribution < -0.4 is 21.1 Å². The summed E-state index contributed by atoms with van der Waals surface area (Å²) in [6.45, 7) is 0.439. The fourth-order valence-corrected chi connectivity index (χ4v) is 2.27. The van der Waals surface area contributed by atoms with E-state index >= 15 is 0 Å². The van der Waals surface area contributed by atoms with E-state index in [1.54, 1.807) is 48.5 Å². The maximum atomic E-state index is 14.0. The third kappa shape index (κ3) is 4.73. The number of anilines is 5. The molecule has 0 fully saturated rings. The lowest BCUT2D eigenvalue weighted by Gasteiger charge is -2.10. The van der Waals surface area contributed by atoms with Crippen molar-refractivity contribution in [3.8, 4) is 5.75 Å². The number of halogens is 2. The van der Waals surface area contributed by atoms with Gasteiger partial charge in [0.25, 0.3) is 0 Å². The number of ether oxygens (including phenoxy) is 1. The van der Waals surface area contributed by atoms with E-state index in [1.165, 1.54) is 0 Å². The maximum absolute atomic E-state index is 14.0. The first-order chi connectivity index (χ1) is 12.6. The molecule has 0 saturated heterocycles. The maximum Gasteiger partial charge on any atom is 0.229 e. The van der Waals surface area contributed by atoms with Gasteiger partial charge in [-0.1, -0.05) is 6.07 Å². The van der Waals surface area contributed by atoms with Gasteiger partial charge in [-0.3, -0.25) is 0 Å². The van der Waals surface area contributed by atoms with Gasteiger partial charge < -0.3 is 21.1 Å². The molecule has 0 aliphatic rings. The summed E-state index contributed by atoms with van der Waals surface area (Å²) < 4.78 is 19.4. The summed E-state index contributed by atoms with van der Waals surface area (Å²) in [7, 11) is 0. The van der Waals surface area contributed by atoms with Crippen molar-refractivity contribution in [1.82, 2.24) is 9.97 Å². The summed E-state index contributed by atoms with van der Waals surface area (Å²) in [6.07, 6.45) is 1.10. The average molecular weight is 374 g/mol. The lowest BCUT2D eigenvalue weighted by molar-refractivity contribution is 0.343. The van der Waals surface area contributed by atoms with Gasteiger partial charge in [0, 0.05) is 17.1 Å². The normalized spacial score (nSPS) is 10.4. The molecule has 0 atom stereocenters. The van der Waals surface area contributed by atoms with Crippen LogP contribution in [0.3, 0.4) is 0 Å². The Morgan fingerprint density at radius 2 is 1.88 bits per heavy atom. The minimum atomic E-state index is -0.567. The van der Waals surface area contributed by atoms with Crippen molar-refractivity contribution in [2.75, 3.05) is 28.9 Å². The van der Waals surface area contributed by atoms with E-state index in [0.29, 0.717) is 29.6 Å². The van der Waals surface area contributed by atoms with Gasteiger partial charge >= 0.3 is 0 Å². The predicted octanol–water partition coefficient (Wildman–Crippen LogP) is 4.30.